The Kier molecular flexibility index (Phi) is 2.38. The first kappa shape index (κ1) is 11.8. The van der Waals surface area contributed by atoms with Crippen LogP contribution in [0, 0.1) is 5.82 Å². The van der Waals surface area contributed by atoms with Crippen molar-refractivity contribution in [2.75, 3.05) is 0 Å². The molecule has 19 heavy (non-hydrogen) atoms. The quantitative estimate of drug-likeness (QED) is 0.894. The fourth-order valence-corrected chi connectivity index (χ4v) is 2.05. The van der Waals surface area contributed by atoms with Crippen molar-refractivity contribution in [1.82, 2.24) is 9.55 Å². The number of carbonyl (C=O) groups is 1. The molecule has 1 fully saturated rings. The molecule has 2 atom stereocenters. The van der Waals surface area contributed by atoms with Crippen LogP contribution in [0.2, 0.25) is 0 Å². The summed E-state index contributed by atoms with van der Waals surface area (Å²) in [4.78, 5) is 26.7. The van der Waals surface area contributed by atoms with E-state index in [-0.39, 0.29) is 17.5 Å². The molecule has 0 aromatic carbocycles. The minimum atomic E-state index is -1.43. The number of hydrogen-bond acceptors (Lipinski definition) is 3. The smallest absolute Gasteiger partial charge is 0.341 e. The average molecular weight is 266 g/mol. The first-order valence-electron chi connectivity index (χ1n) is 5.57. The zero-order valence-corrected chi connectivity index (χ0v) is 9.51. The number of aromatic nitrogens is 2. The Hall–Kier alpha value is -2.31. The minimum absolute atomic E-state index is 0.0987. The number of nitrogens with zero attached hydrogens (tertiary/aromatic N) is 2. The Morgan fingerprint density at radius 1 is 1.53 bits per heavy atom. The van der Waals surface area contributed by atoms with Crippen molar-refractivity contribution in [3.05, 3.63) is 40.1 Å². The fraction of sp³-hybridized carbons (Fsp3) is 0.250. The molecule has 1 aliphatic rings. The second-order valence-electron chi connectivity index (χ2n) is 4.43. The summed E-state index contributed by atoms with van der Waals surface area (Å²) in [6.45, 7) is 0. The van der Waals surface area contributed by atoms with Crippen LogP contribution in [0.5, 0.6) is 0 Å². The van der Waals surface area contributed by atoms with Gasteiger partial charge in [-0.05, 0) is 6.07 Å². The van der Waals surface area contributed by atoms with Crippen LogP contribution in [0.1, 0.15) is 22.8 Å². The molecule has 7 heteroatoms. The van der Waals surface area contributed by atoms with Crippen LogP contribution in [-0.4, -0.2) is 26.8 Å². The molecule has 2 aromatic rings. The number of halogens is 2. The molecular formula is C12H8F2N2O3. The van der Waals surface area contributed by atoms with Gasteiger partial charge in [-0.1, -0.05) is 0 Å². The van der Waals surface area contributed by atoms with E-state index in [0.717, 1.165) is 18.5 Å². The number of carboxylic acid groups (broad SMARTS) is 1. The van der Waals surface area contributed by atoms with Gasteiger partial charge in [0.15, 0.2) is 0 Å². The van der Waals surface area contributed by atoms with E-state index < -0.39 is 35.0 Å². The largest absolute Gasteiger partial charge is 0.477 e. The highest BCUT2D eigenvalue weighted by atomic mass is 19.1. The van der Waals surface area contributed by atoms with E-state index in [2.05, 4.69) is 4.98 Å². The maximum atomic E-state index is 13.2. The van der Waals surface area contributed by atoms with E-state index >= 15 is 0 Å². The molecule has 1 aliphatic carbocycles. The molecule has 2 unspecified atom stereocenters. The second-order valence-corrected chi connectivity index (χ2v) is 4.43. The van der Waals surface area contributed by atoms with E-state index in [1.165, 1.54) is 4.57 Å². The predicted octanol–water partition coefficient (Wildman–Crippen LogP) is 1.52. The molecule has 1 N–H and O–H groups in total. The molecule has 5 nitrogen and oxygen atoms in total. The van der Waals surface area contributed by atoms with E-state index in [0.29, 0.717) is 0 Å². The van der Waals surface area contributed by atoms with E-state index in [1.807, 2.05) is 0 Å². The topological polar surface area (TPSA) is 72.2 Å². The molecule has 2 aromatic heterocycles. The Bertz CT molecular complexity index is 756. The molecule has 98 valence electrons. The summed E-state index contributed by atoms with van der Waals surface area (Å²) in [6.07, 6.45) is 1.12. The number of hydrogen-bond donors (Lipinski definition) is 1. The van der Waals surface area contributed by atoms with Crippen LogP contribution >= 0.6 is 0 Å². The lowest BCUT2D eigenvalue weighted by Gasteiger charge is -2.10. The summed E-state index contributed by atoms with van der Waals surface area (Å²) in [5.41, 5.74) is -1.23. The zero-order chi connectivity index (χ0) is 13.7. The van der Waals surface area contributed by atoms with Crippen molar-refractivity contribution in [1.29, 1.82) is 0 Å². The van der Waals surface area contributed by atoms with Crippen LogP contribution in [-0.2, 0) is 0 Å². The molecule has 3 rings (SSSR count). The van der Waals surface area contributed by atoms with Gasteiger partial charge in [-0.15, -0.1) is 0 Å². The highest BCUT2D eigenvalue weighted by Gasteiger charge is 2.40. The Balaban J connectivity index is 2.39. The summed E-state index contributed by atoms with van der Waals surface area (Å²) in [5.74, 6) is -2.17. The Morgan fingerprint density at radius 3 is 2.79 bits per heavy atom. The third kappa shape index (κ3) is 1.78. The van der Waals surface area contributed by atoms with E-state index in [9.17, 15) is 18.4 Å². The molecule has 0 spiro atoms. The number of aromatic carboxylic acids is 1. The van der Waals surface area contributed by atoms with Crippen molar-refractivity contribution in [2.24, 2.45) is 0 Å². The SMILES string of the molecule is O=C(O)c1cn(C2CC2F)c2ncc(F)cc2c1=O. The van der Waals surface area contributed by atoms with Crippen LogP contribution < -0.4 is 5.43 Å². The normalized spacial score (nSPS) is 21.6. The third-order valence-corrected chi connectivity index (χ3v) is 3.10. The summed E-state index contributed by atoms with van der Waals surface area (Å²) in [5, 5.41) is 8.81. The number of carboxylic acids is 1. The lowest BCUT2D eigenvalue weighted by atomic mass is 10.2. The predicted molar refractivity (Wildman–Crippen MR) is 61.5 cm³/mol. The molecule has 1 saturated carbocycles. The first-order valence-corrected chi connectivity index (χ1v) is 5.57. The van der Waals surface area contributed by atoms with Gasteiger partial charge in [-0.2, -0.15) is 0 Å². The Labute approximate surface area is 105 Å². The van der Waals surface area contributed by atoms with Crippen molar-refractivity contribution in [2.45, 2.75) is 18.6 Å². The number of pyridine rings is 2. The third-order valence-electron chi connectivity index (χ3n) is 3.10. The van der Waals surface area contributed by atoms with Crippen molar-refractivity contribution < 1.29 is 18.7 Å². The highest BCUT2D eigenvalue weighted by molar-refractivity contribution is 5.91. The van der Waals surface area contributed by atoms with Gasteiger partial charge in [0.05, 0.1) is 17.6 Å². The molecule has 0 radical (unpaired) electrons. The lowest BCUT2D eigenvalue weighted by molar-refractivity contribution is 0.0694. The van der Waals surface area contributed by atoms with Gasteiger partial charge in [0.1, 0.15) is 23.2 Å². The average Bonchev–Trinajstić information content (AvgIpc) is 3.07. The summed E-state index contributed by atoms with van der Waals surface area (Å²) in [6, 6.07) is 0.377. The number of rotatable bonds is 2. The molecule has 0 aliphatic heterocycles. The van der Waals surface area contributed by atoms with Crippen LogP contribution in [0.15, 0.2) is 23.3 Å². The van der Waals surface area contributed by atoms with Gasteiger partial charge in [-0.3, -0.25) is 4.79 Å². The monoisotopic (exact) mass is 266 g/mol. The second kappa shape index (κ2) is 3.84. The summed E-state index contributed by atoms with van der Waals surface area (Å²) in [7, 11) is 0. The molecule has 2 heterocycles. The number of alkyl halides is 1. The van der Waals surface area contributed by atoms with Crippen LogP contribution in [0.4, 0.5) is 8.78 Å². The Morgan fingerprint density at radius 2 is 2.21 bits per heavy atom. The molecule has 0 amide bonds. The van der Waals surface area contributed by atoms with Gasteiger partial charge in [0.2, 0.25) is 5.43 Å². The molecule has 0 saturated heterocycles. The maximum Gasteiger partial charge on any atom is 0.341 e. The van der Waals surface area contributed by atoms with Gasteiger partial charge in [0, 0.05) is 12.6 Å². The van der Waals surface area contributed by atoms with Gasteiger partial charge >= 0.3 is 5.97 Å². The van der Waals surface area contributed by atoms with Crippen LogP contribution in [0.3, 0.4) is 0 Å². The zero-order valence-electron chi connectivity index (χ0n) is 9.51. The van der Waals surface area contributed by atoms with Gasteiger partial charge < -0.3 is 9.67 Å². The highest BCUT2D eigenvalue weighted by Crippen LogP contribution is 2.40. The van der Waals surface area contributed by atoms with Crippen molar-refractivity contribution >= 4 is 17.0 Å². The van der Waals surface area contributed by atoms with Crippen molar-refractivity contribution in [3.8, 4) is 0 Å². The standard InChI is InChI=1S/C12H8F2N2O3/c13-5-1-6-10(17)7(12(18)19)4-16(9-2-8(9)14)11(6)15-3-5/h1,3-4,8-9H,2H2,(H,18,19). The van der Waals surface area contributed by atoms with E-state index in [1.54, 1.807) is 0 Å². The van der Waals surface area contributed by atoms with E-state index in [4.69, 9.17) is 5.11 Å². The lowest BCUT2D eigenvalue weighted by Crippen LogP contribution is -2.19. The summed E-state index contributed by atoms with van der Waals surface area (Å²) < 4.78 is 27.6. The van der Waals surface area contributed by atoms with Gasteiger partial charge in [-0.25, -0.2) is 18.6 Å². The summed E-state index contributed by atoms with van der Waals surface area (Å²) >= 11 is 0. The first-order chi connectivity index (χ1) is 8.99. The van der Waals surface area contributed by atoms with Gasteiger partial charge in [0.25, 0.3) is 0 Å². The maximum absolute atomic E-state index is 13.2. The molecular weight excluding hydrogens is 258 g/mol. The fourth-order valence-electron chi connectivity index (χ4n) is 2.05. The van der Waals surface area contributed by atoms with Crippen LogP contribution in [0.25, 0.3) is 11.0 Å². The van der Waals surface area contributed by atoms with Crippen molar-refractivity contribution in [3.63, 3.8) is 0 Å². The minimum Gasteiger partial charge on any atom is -0.477 e. The molecule has 0 bridgehead atoms. The number of fused-ring (bicyclic) bond motifs is 1.